The van der Waals surface area contributed by atoms with Gasteiger partial charge < -0.3 is 5.32 Å². The van der Waals surface area contributed by atoms with Crippen molar-refractivity contribution in [3.05, 3.63) is 34.1 Å². The lowest BCUT2D eigenvalue weighted by Crippen LogP contribution is -2.34. The largest absolute Gasteiger partial charge is 0.351 e. The molecule has 98 valence electrons. The van der Waals surface area contributed by atoms with Crippen LogP contribution >= 0.6 is 15.9 Å². The Hall–Kier alpha value is -0.900. The van der Waals surface area contributed by atoms with E-state index < -0.39 is 0 Å². The first-order chi connectivity index (χ1) is 8.50. The van der Waals surface area contributed by atoms with Gasteiger partial charge in [-0.3, -0.25) is 4.79 Å². The van der Waals surface area contributed by atoms with E-state index in [4.69, 9.17) is 0 Å². The highest BCUT2D eigenvalue weighted by Gasteiger charge is 2.28. The number of rotatable bonds is 3. The second kappa shape index (κ2) is 5.39. The number of halogens is 2. The molecule has 18 heavy (non-hydrogen) atoms. The second-order valence-corrected chi connectivity index (χ2v) is 6.18. The van der Waals surface area contributed by atoms with Crippen LogP contribution in [0.15, 0.2) is 22.7 Å². The maximum Gasteiger partial charge on any atom is 0.251 e. The highest BCUT2D eigenvalue weighted by atomic mass is 79.9. The molecule has 1 aliphatic carbocycles. The van der Waals surface area contributed by atoms with Crippen molar-refractivity contribution >= 4 is 21.8 Å². The summed E-state index contributed by atoms with van der Waals surface area (Å²) in [6.45, 7) is 2.90. The van der Waals surface area contributed by atoms with Gasteiger partial charge in [-0.25, -0.2) is 4.39 Å². The summed E-state index contributed by atoms with van der Waals surface area (Å²) in [6, 6.07) is 4.32. The third-order valence-electron chi connectivity index (χ3n) is 3.67. The Morgan fingerprint density at radius 2 is 2.11 bits per heavy atom. The zero-order valence-corrected chi connectivity index (χ0v) is 12.0. The molecule has 0 atom stereocenters. The molecule has 0 aromatic heterocycles. The quantitative estimate of drug-likeness (QED) is 0.901. The van der Waals surface area contributed by atoms with E-state index >= 15 is 0 Å². The van der Waals surface area contributed by atoms with Crippen LogP contribution in [-0.4, -0.2) is 12.5 Å². The van der Waals surface area contributed by atoms with Crippen molar-refractivity contribution in [2.24, 2.45) is 5.41 Å². The minimum Gasteiger partial charge on any atom is -0.351 e. The Bertz CT molecular complexity index is 455. The van der Waals surface area contributed by atoms with Crippen LogP contribution < -0.4 is 5.32 Å². The molecule has 1 amide bonds. The SMILES string of the molecule is CC1(CNC(=O)c2ccc(F)c(Br)c2)CCCC1. The maximum atomic E-state index is 13.1. The normalized spacial score (nSPS) is 17.7. The first-order valence-corrected chi connectivity index (χ1v) is 7.03. The molecule has 0 bridgehead atoms. The summed E-state index contributed by atoms with van der Waals surface area (Å²) in [5.74, 6) is -0.488. The Kier molecular flexibility index (Phi) is 4.05. The number of hydrogen-bond acceptors (Lipinski definition) is 1. The van der Waals surface area contributed by atoms with Crippen LogP contribution in [0.3, 0.4) is 0 Å². The van der Waals surface area contributed by atoms with E-state index in [1.54, 1.807) is 0 Å². The summed E-state index contributed by atoms with van der Waals surface area (Å²) in [4.78, 5) is 12.0. The number of carbonyl (C=O) groups is 1. The predicted octanol–water partition coefficient (Wildman–Crippen LogP) is 3.90. The van der Waals surface area contributed by atoms with E-state index in [2.05, 4.69) is 28.2 Å². The molecule has 2 rings (SSSR count). The lowest BCUT2D eigenvalue weighted by molar-refractivity contribution is 0.0934. The molecule has 1 aliphatic rings. The molecule has 0 unspecified atom stereocenters. The average molecular weight is 314 g/mol. The van der Waals surface area contributed by atoms with Gasteiger partial charge in [-0.2, -0.15) is 0 Å². The zero-order valence-electron chi connectivity index (χ0n) is 10.4. The van der Waals surface area contributed by atoms with Crippen LogP contribution in [-0.2, 0) is 0 Å². The van der Waals surface area contributed by atoms with Crippen LogP contribution in [0.2, 0.25) is 0 Å². The van der Waals surface area contributed by atoms with Gasteiger partial charge in [0.15, 0.2) is 0 Å². The Balaban J connectivity index is 1.97. The fraction of sp³-hybridized carbons (Fsp3) is 0.500. The molecule has 1 aromatic carbocycles. The molecule has 0 heterocycles. The van der Waals surface area contributed by atoms with Gasteiger partial charge in [-0.1, -0.05) is 19.8 Å². The van der Waals surface area contributed by atoms with Gasteiger partial charge in [0.25, 0.3) is 5.91 Å². The van der Waals surface area contributed by atoms with E-state index in [-0.39, 0.29) is 17.1 Å². The van der Waals surface area contributed by atoms with Crippen molar-refractivity contribution in [3.8, 4) is 0 Å². The van der Waals surface area contributed by atoms with Crippen molar-refractivity contribution in [2.75, 3.05) is 6.54 Å². The Morgan fingerprint density at radius 3 is 2.72 bits per heavy atom. The molecule has 0 spiro atoms. The summed E-state index contributed by atoms with van der Waals surface area (Å²) < 4.78 is 13.4. The van der Waals surface area contributed by atoms with Crippen LogP contribution in [0.25, 0.3) is 0 Å². The number of carbonyl (C=O) groups excluding carboxylic acids is 1. The van der Waals surface area contributed by atoms with Crippen LogP contribution in [0, 0.1) is 11.2 Å². The van der Waals surface area contributed by atoms with Gasteiger partial charge in [0.05, 0.1) is 4.47 Å². The fourth-order valence-electron chi connectivity index (χ4n) is 2.44. The average Bonchev–Trinajstić information content (AvgIpc) is 2.77. The van der Waals surface area contributed by atoms with Gasteiger partial charge in [0.2, 0.25) is 0 Å². The lowest BCUT2D eigenvalue weighted by atomic mass is 9.89. The van der Waals surface area contributed by atoms with E-state index in [1.807, 2.05) is 0 Å². The molecule has 1 fully saturated rings. The monoisotopic (exact) mass is 313 g/mol. The molecular weight excluding hydrogens is 297 g/mol. The van der Waals surface area contributed by atoms with E-state index in [0.717, 1.165) is 0 Å². The number of amides is 1. The molecule has 1 N–H and O–H groups in total. The predicted molar refractivity (Wildman–Crippen MR) is 73.0 cm³/mol. The lowest BCUT2D eigenvalue weighted by Gasteiger charge is -2.23. The number of hydrogen-bond donors (Lipinski definition) is 1. The second-order valence-electron chi connectivity index (χ2n) is 5.33. The van der Waals surface area contributed by atoms with Crippen LogP contribution in [0.5, 0.6) is 0 Å². The summed E-state index contributed by atoms with van der Waals surface area (Å²) in [5.41, 5.74) is 0.720. The molecule has 2 nitrogen and oxygen atoms in total. The van der Waals surface area contributed by atoms with Crippen molar-refractivity contribution in [3.63, 3.8) is 0 Å². The molecule has 0 aliphatic heterocycles. The van der Waals surface area contributed by atoms with Gasteiger partial charge in [0.1, 0.15) is 5.82 Å². The molecule has 1 aromatic rings. The van der Waals surface area contributed by atoms with Gasteiger partial charge in [-0.15, -0.1) is 0 Å². The third kappa shape index (κ3) is 3.10. The Morgan fingerprint density at radius 1 is 1.44 bits per heavy atom. The topological polar surface area (TPSA) is 29.1 Å². The maximum absolute atomic E-state index is 13.1. The van der Waals surface area contributed by atoms with Crippen LogP contribution in [0.1, 0.15) is 43.0 Å². The van der Waals surface area contributed by atoms with E-state index in [0.29, 0.717) is 16.6 Å². The van der Waals surface area contributed by atoms with Crippen molar-refractivity contribution in [2.45, 2.75) is 32.6 Å². The van der Waals surface area contributed by atoms with Gasteiger partial charge in [0, 0.05) is 12.1 Å². The summed E-state index contributed by atoms with van der Waals surface area (Å²) in [5, 5.41) is 2.95. The smallest absolute Gasteiger partial charge is 0.251 e. The third-order valence-corrected chi connectivity index (χ3v) is 4.28. The Labute approximate surface area is 115 Å². The summed E-state index contributed by atoms with van der Waals surface area (Å²) in [6.07, 6.45) is 4.82. The number of nitrogens with one attached hydrogen (secondary N) is 1. The fourth-order valence-corrected chi connectivity index (χ4v) is 2.82. The molecular formula is C14H17BrFNO. The summed E-state index contributed by atoms with van der Waals surface area (Å²) in [7, 11) is 0. The molecule has 1 saturated carbocycles. The number of benzene rings is 1. The van der Waals surface area contributed by atoms with Gasteiger partial charge in [-0.05, 0) is 52.4 Å². The first-order valence-electron chi connectivity index (χ1n) is 6.23. The highest BCUT2D eigenvalue weighted by Crippen LogP contribution is 2.36. The first kappa shape index (κ1) is 13.5. The standard InChI is InChI=1S/C14H17BrFNO/c1-14(6-2-3-7-14)9-17-13(18)10-4-5-12(16)11(15)8-10/h4-5,8H,2-3,6-7,9H2,1H3,(H,17,18). The molecule has 0 saturated heterocycles. The van der Waals surface area contributed by atoms with Crippen LogP contribution in [0.4, 0.5) is 4.39 Å². The van der Waals surface area contributed by atoms with Gasteiger partial charge >= 0.3 is 0 Å². The molecule has 0 radical (unpaired) electrons. The highest BCUT2D eigenvalue weighted by molar-refractivity contribution is 9.10. The van der Waals surface area contributed by atoms with E-state index in [9.17, 15) is 9.18 Å². The van der Waals surface area contributed by atoms with E-state index in [1.165, 1.54) is 43.9 Å². The molecule has 4 heteroatoms. The zero-order chi connectivity index (χ0) is 13.2. The minimum atomic E-state index is -0.352. The minimum absolute atomic E-state index is 0.135. The van der Waals surface area contributed by atoms with Crippen molar-refractivity contribution < 1.29 is 9.18 Å². The van der Waals surface area contributed by atoms with Crippen molar-refractivity contribution in [1.82, 2.24) is 5.32 Å². The van der Waals surface area contributed by atoms with Crippen molar-refractivity contribution in [1.29, 1.82) is 0 Å². The summed E-state index contributed by atoms with van der Waals surface area (Å²) >= 11 is 3.09.